The number of anilines is 1. The Morgan fingerprint density at radius 2 is 2.14 bits per heavy atom. The first kappa shape index (κ1) is 16.5. The van der Waals surface area contributed by atoms with E-state index in [0.717, 1.165) is 29.0 Å². The highest BCUT2D eigenvalue weighted by atomic mass is 79.9. The lowest BCUT2D eigenvalue weighted by Crippen LogP contribution is -2.31. The summed E-state index contributed by atoms with van der Waals surface area (Å²) in [6, 6.07) is 12.5. The number of fused-ring (bicyclic) bond motifs is 1. The number of hydrogen-bond acceptors (Lipinski definition) is 4. The summed E-state index contributed by atoms with van der Waals surface area (Å²) in [4.78, 5) is 5.57. The fraction of sp³-hybridized carbons (Fsp3) is 0.267. The molecule has 1 aromatic heterocycles. The Morgan fingerprint density at radius 1 is 1.41 bits per heavy atom. The molecule has 2 aromatic rings. The molecule has 0 saturated heterocycles. The van der Waals surface area contributed by atoms with Crippen LogP contribution in [0.2, 0.25) is 0 Å². The third kappa shape index (κ3) is 2.98. The quantitative estimate of drug-likeness (QED) is 0.553. The van der Waals surface area contributed by atoms with Crippen LogP contribution in [0, 0.1) is 16.7 Å². The van der Waals surface area contributed by atoms with Crippen LogP contribution in [0.1, 0.15) is 22.6 Å². The van der Waals surface area contributed by atoms with Gasteiger partial charge in [-0.05, 0) is 18.4 Å². The van der Waals surface area contributed by atoms with E-state index in [1.54, 1.807) is 0 Å². The van der Waals surface area contributed by atoms with Crippen LogP contribution < -0.4 is 11.1 Å². The van der Waals surface area contributed by atoms with Crippen molar-refractivity contribution < 1.29 is 0 Å². The van der Waals surface area contributed by atoms with Gasteiger partial charge < -0.3 is 11.1 Å². The van der Waals surface area contributed by atoms with Crippen molar-refractivity contribution in [2.24, 2.45) is 5.73 Å². The number of halogens is 1. The molecule has 22 heavy (non-hydrogen) atoms. The van der Waals surface area contributed by atoms with Crippen molar-refractivity contribution in [1.82, 2.24) is 4.98 Å². The summed E-state index contributed by atoms with van der Waals surface area (Å²) in [5.41, 5.74) is 6.94. The summed E-state index contributed by atoms with van der Waals surface area (Å²) in [7, 11) is 0. The van der Waals surface area contributed by atoms with Crippen LogP contribution in [0.4, 0.5) is 5.13 Å². The van der Waals surface area contributed by atoms with Gasteiger partial charge in [-0.3, -0.25) is 5.41 Å². The van der Waals surface area contributed by atoms with E-state index >= 15 is 0 Å². The molecular formula is C15H16BrN5S. The molecule has 1 aliphatic rings. The Labute approximate surface area is 143 Å². The molecule has 0 amide bonds. The number of nitrogens with one attached hydrogen (secondary N) is 2. The van der Waals surface area contributed by atoms with Gasteiger partial charge in [-0.2, -0.15) is 5.26 Å². The number of rotatable bonds is 2. The van der Waals surface area contributed by atoms with E-state index in [2.05, 4.69) is 16.4 Å². The number of hydrogen-bond donors (Lipinski definition) is 3. The minimum Gasteiger partial charge on any atom is -0.370 e. The number of nitrogens with zero attached hydrogens (tertiary/aromatic N) is 2. The second-order valence-corrected chi connectivity index (χ2v) is 6.25. The summed E-state index contributed by atoms with van der Waals surface area (Å²) < 4.78 is 0. The van der Waals surface area contributed by atoms with Crippen molar-refractivity contribution in [2.45, 2.75) is 24.7 Å². The van der Waals surface area contributed by atoms with Crippen molar-refractivity contribution in [1.29, 1.82) is 10.7 Å². The average Bonchev–Trinajstić information content (AvgIpc) is 2.88. The molecule has 0 bridgehead atoms. The number of aromatic nitrogens is 1. The van der Waals surface area contributed by atoms with Crippen molar-refractivity contribution in [3.8, 4) is 6.07 Å². The lowest BCUT2D eigenvalue weighted by Gasteiger charge is -2.30. The molecule has 1 unspecified atom stereocenters. The zero-order valence-corrected chi connectivity index (χ0v) is 14.3. The van der Waals surface area contributed by atoms with Crippen LogP contribution in [0.25, 0.3) is 0 Å². The number of thiazole rings is 1. The summed E-state index contributed by atoms with van der Waals surface area (Å²) in [6.07, 6.45) is 2.21. The maximum atomic E-state index is 9.74. The summed E-state index contributed by atoms with van der Waals surface area (Å²) in [5.74, 6) is -0.115. The zero-order chi connectivity index (χ0) is 14.9. The first-order valence-corrected chi connectivity index (χ1v) is 7.51. The lowest BCUT2D eigenvalue weighted by molar-refractivity contribution is 0.473. The van der Waals surface area contributed by atoms with E-state index in [4.69, 9.17) is 11.1 Å². The molecule has 1 aliphatic carbocycles. The predicted molar refractivity (Wildman–Crippen MR) is 93.7 cm³/mol. The monoisotopic (exact) mass is 377 g/mol. The third-order valence-corrected chi connectivity index (χ3v) is 4.82. The maximum Gasteiger partial charge on any atom is 0.192 e. The van der Waals surface area contributed by atoms with Gasteiger partial charge in [0.1, 0.15) is 0 Å². The fourth-order valence-electron chi connectivity index (χ4n) is 2.74. The van der Waals surface area contributed by atoms with Gasteiger partial charge in [0.05, 0.1) is 17.2 Å². The average molecular weight is 378 g/mol. The summed E-state index contributed by atoms with van der Waals surface area (Å²) in [6.45, 7) is 0. The van der Waals surface area contributed by atoms with E-state index in [0.29, 0.717) is 11.6 Å². The molecule has 0 aliphatic heterocycles. The molecule has 0 saturated carbocycles. The number of guanidine groups is 1. The molecule has 0 radical (unpaired) electrons. The SMILES string of the molecule is Br.N#CC1(c2ccccc2)CCc2nc(NC(=N)N)sc2C1. The molecule has 5 nitrogen and oxygen atoms in total. The molecule has 1 heterocycles. The molecule has 7 heteroatoms. The van der Waals surface area contributed by atoms with Crippen LogP contribution in [-0.2, 0) is 18.3 Å². The summed E-state index contributed by atoms with van der Waals surface area (Å²) >= 11 is 1.48. The molecule has 0 fully saturated rings. The molecule has 4 N–H and O–H groups in total. The van der Waals surface area contributed by atoms with Crippen molar-refractivity contribution in [3.63, 3.8) is 0 Å². The van der Waals surface area contributed by atoms with Crippen LogP contribution in [0.15, 0.2) is 30.3 Å². The Hall–Kier alpha value is -1.91. The van der Waals surface area contributed by atoms with Gasteiger partial charge >= 0.3 is 0 Å². The Bertz CT molecular complexity index is 721. The van der Waals surface area contributed by atoms with Gasteiger partial charge in [-0.1, -0.05) is 30.3 Å². The van der Waals surface area contributed by atoms with E-state index in [1.165, 1.54) is 11.3 Å². The second-order valence-electron chi connectivity index (χ2n) is 5.16. The standard InChI is InChI=1S/C15H15N5S.BrH/c16-9-15(10-4-2-1-3-5-10)7-6-11-12(8-15)21-14(19-11)20-13(17)18;/h1-5H,6-8H2,(H4,17,18,19,20);1H. The van der Waals surface area contributed by atoms with Crippen LogP contribution in [-0.4, -0.2) is 10.9 Å². The fourth-order valence-corrected chi connectivity index (χ4v) is 3.88. The number of aryl methyl sites for hydroxylation is 1. The predicted octanol–water partition coefficient (Wildman–Crippen LogP) is 2.98. The molecule has 114 valence electrons. The molecular weight excluding hydrogens is 362 g/mol. The highest BCUT2D eigenvalue weighted by molar-refractivity contribution is 8.93. The lowest BCUT2D eigenvalue weighted by atomic mass is 9.71. The van der Waals surface area contributed by atoms with E-state index < -0.39 is 5.41 Å². The number of nitriles is 1. The Balaban J connectivity index is 0.00000176. The highest BCUT2D eigenvalue weighted by Crippen LogP contribution is 2.41. The van der Waals surface area contributed by atoms with Gasteiger partial charge in [0.2, 0.25) is 0 Å². The first-order chi connectivity index (χ1) is 10.1. The smallest absolute Gasteiger partial charge is 0.192 e. The minimum atomic E-state index is -0.478. The number of benzene rings is 1. The van der Waals surface area contributed by atoms with Crippen LogP contribution in [0.5, 0.6) is 0 Å². The molecule has 1 atom stereocenters. The van der Waals surface area contributed by atoms with Gasteiger partial charge in [0.25, 0.3) is 0 Å². The van der Waals surface area contributed by atoms with Gasteiger partial charge in [-0.25, -0.2) is 4.98 Å². The molecule has 0 spiro atoms. The third-order valence-electron chi connectivity index (χ3n) is 3.81. The van der Waals surface area contributed by atoms with E-state index in [1.807, 2.05) is 30.3 Å². The number of nitrogens with two attached hydrogens (primary N) is 1. The van der Waals surface area contributed by atoms with Gasteiger partial charge in [0, 0.05) is 11.3 Å². The second kappa shape index (κ2) is 6.46. The largest absolute Gasteiger partial charge is 0.370 e. The normalized spacial score (nSPS) is 19.4. The molecule has 1 aromatic carbocycles. The van der Waals surface area contributed by atoms with E-state index in [9.17, 15) is 5.26 Å². The van der Waals surface area contributed by atoms with Crippen molar-refractivity contribution in [2.75, 3.05) is 5.32 Å². The zero-order valence-electron chi connectivity index (χ0n) is 11.8. The van der Waals surface area contributed by atoms with E-state index in [-0.39, 0.29) is 22.9 Å². The highest BCUT2D eigenvalue weighted by Gasteiger charge is 2.38. The van der Waals surface area contributed by atoms with Crippen LogP contribution in [0.3, 0.4) is 0 Å². The Morgan fingerprint density at radius 3 is 2.77 bits per heavy atom. The van der Waals surface area contributed by atoms with Gasteiger partial charge in [-0.15, -0.1) is 28.3 Å². The van der Waals surface area contributed by atoms with Crippen molar-refractivity contribution in [3.05, 3.63) is 46.5 Å². The molecule has 3 rings (SSSR count). The van der Waals surface area contributed by atoms with Gasteiger partial charge in [0.15, 0.2) is 11.1 Å². The maximum absolute atomic E-state index is 9.74. The minimum absolute atomic E-state index is 0. The first-order valence-electron chi connectivity index (χ1n) is 6.69. The summed E-state index contributed by atoms with van der Waals surface area (Å²) in [5, 5.41) is 20.4. The Kier molecular flexibility index (Phi) is 4.84. The topological polar surface area (TPSA) is 98.6 Å². The van der Waals surface area contributed by atoms with Crippen molar-refractivity contribution >= 4 is 39.4 Å². The van der Waals surface area contributed by atoms with Crippen LogP contribution >= 0.6 is 28.3 Å².